The van der Waals surface area contributed by atoms with Crippen LogP contribution in [-0.2, 0) is 6.42 Å². The molecule has 0 N–H and O–H groups in total. The third-order valence-electron chi connectivity index (χ3n) is 1.75. The minimum atomic E-state index is 0.832. The Morgan fingerprint density at radius 2 is 2.38 bits per heavy atom. The number of aryl methyl sites for hydroxylation is 1. The maximum absolute atomic E-state index is 4.37. The van der Waals surface area contributed by atoms with E-state index in [1.54, 1.807) is 17.0 Å². The van der Waals surface area contributed by atoms with Gasteiger partial charge in [-0.1, -0.05) is 6.92 Å². The lowest BCUT2D eigenvalue weighted by molar-refractivity contribution is 0.795. The zero-order valence-electron chi connectivity index (χ0n) is 7.24. The van der Waals surface area contributed by atoms with Crippen molar-refractivity contribution in [2.45, 2.75) is 19.8 Å². The van der Waals surface area contributed by atoms with Crippen molar-refractivity contribution in [2.24, 2.45) is 0 Å². The molecule has 0 fully saturated rings. The van der Waals surface area contributed by atoms with Crippen molar-refractivity contribution in [1.29, 1.82) is 0 Å². The number of hydrogen-bond donors (Lipinski definition) is 0. The zero-order valence-corrected chi connectivity index (χ0v) is 8.82. The minimum absolute atomic E-state index is 0.832. The van der Waals surface area contributed by atoms with Gasteiger partial charge in [0.25, 0.3) is 0 Å². The van der Waals surface area contributed by atoms with E-state index in [4.69, 9.17) is 0 Å². The van der Waals surface area contributed by atoms with E-state index in [9.17, 15) is 0 Å². The van der Waals surface area contributed by atoms with Crippen LogP contribution in [0.4, 0.5) is 0 Å². The molecule has 0 radical (unpaired) electrons. The molecule has 2 aromatic heterocycles. The fraction of sp³-hybridized carbons (Fsp3) is 0.375. The van der Waals surface area contributed by atoms with Crippen molar-refractivity contribution in [3.05, 3.63) is 22.8 Å². The average molecular weight is 241 g/mol. The molecule has 0 aliphatic rings. The molecule has 0 aromatic carbocycles. The van der Waals surface area contributed by atoms with E-state index < -0.39 is 0 Å². The molecule has 4 nitrogen and oxygen atoms in total. The molecule has 68 valence electrons. The predicted octanol–water partition coefficient (Wildman–Crippen LogP) is 1.84. The second-order valence-electron chi connectivity index (χ2n) is 2.78. The van der Waals surface area contributed by atoms with Crippen LogP contribution in [0.25, 0.3) is 5.65 Å². The van der Waals surface area contributed by atoms with Gasteiger partial charge in [0.2, 0.25) is 0 Å². The van der Waals surface area contributed by atoms with Crippen LogP contribution < -0.4 is 0 Å². The number of hydrogen-bond acceptors (Lipinski definition) is 3. The van der Waals surface area contributed by atoms with E-state index in [2.05, 4.69) is 37.9 Å². The van der Waals surface area contributed by atoms with Gasteiger partial charge in [0, 0.05) is 6.42 Å². The van der Waals surface area contributed by atoms with E-state index in [-0.39, 0.29) is 0 Å². The first kappa shape index (κ1) is 8.62. The summed E-state index contributed by atoms with van der Waals surface area (Å²) in [5.74, 6) is 0.871. The lowest BCUT2D eigenvalue weighted by Crippen LogP contribution is -1.99. The van der Waals surface area contributed by atoms with Crippen LogP contribution in [0.2, 0.25) is 0 Å². The fourth-order valence-electron chi connectivity index (χ4n) is 1.14. The predicted molar refractivity (Wildman–Crippen MR) is 52.5 cm³/mol. The summed E-state index contributed by atoms with van der Waals surface area (Å²) in [6, 6.07) is 0. The first-order chi connectivity index (χ1) is 6.31. The van der Waals surface area contributed by atoms with Crippen molar-refractivity contribution in [3.8, 4) is 0 Å². The van der Waals surface area contributed by atoms with Gasteiger partial charge < -0.3 is 0 Å². The monoisotopic (exact) mass is 240 g/mol. The first-order valence-electron chi connectivity index (χ1n) is 4.16. The van der Waals surface area contributed by atoms with Gasteiger partial charge >= 0.3 is 0 Å². The summed E-state index contributed by atoms with van der Waals surface area (Å²) in [5.41, 5.74) is 0.832. The van der Waals surface area contributed by atoms with Crippen LogP contribution in [0.1, 0.15) is 19.2 Å². The summed E-state index contributed by atoms with van der Waals surface area (Å²) < 4.78 is 2.57. The Morgan fingerprint density at radius 1 is 1.54 bits per heavy atom. The fourth-order valence-corrected chi connectivity index (χ4v) is 1.50. The topological polar surface area (TPSA) is 43.1 Å². The molecule has 0 aliphatic heterocycles. The van der Waals surface area contributed by atoms with Gasteiger partial charge in [0.05, 0.1) is 10.7 Å². The summed E-state index contributed by atoms with van der Waals surface area (Å²) >= 11 is 3.38. The highest BCUT2D eigenvalue weighted by Gasteiger charge is 2.03. The largest absolute Gasteiger partial charge is 0.221 e. The van der Waals surface area contributed by atoms with Gasteiger partial charge in [0.15, 0.2) is 5.65 Å². The van der Waals surface area contributed by atoms with Crippen molar-refractivity contribution in [1.82, 2.24) is 19.6 Å². The smallest absolute Gasteiger partial charge is 0.173 e. The van der Waals surface area contributed by atoms with Gasteiger partial charge in [-0.05, 0) is 22.4 Å². The Bertz CT molecular complexity index is 423. The second-order valence-corrected chi connectivity index (χ2v) is 3.64. The maximum Gasteiger partial charge on any atom is 0.173 e. The van der Waals surface area contributed by atoms with Crippen LogP contribution in [0.15, 0.2) is 17.0 Å². The molecule has 0 saturated heterocycles. The molecule has 2 rings (SSSR count). The highest BCUT2D eigenvalue weighted by atomic mass is 79.9. The molecule has 2 heterocycles. The van der Waals surface area contributed by atoms with Crippen LogP contribution in [0.5, 0.6) is 0 Å². The zero-order chi connectivity index (χ0) is 9.26. The summed E-state index contributed by atoms with van der Waals surface area (Å²) in [6.45, 7) is 2.11. The number of fused-ring (bicyclic) bond motifs is 1. The van der Waals surface area contributed by atoms with E-state index in [1.807, 2.05) is 0 Å². The minimum Gasteiger partial charge on any atom is -0.221 e. The Labute approximate surface area is 84.1 Å². The van der Waals surface area contributed by atoms with Crippen molar-refractivity contribution in [2.75, 3.05) is 0 Å². The Hall–Kier alpha value is -0.970. The molecular weight excluding hydrogens is 232 g/mol. The Morgan fingerprint density at radius 3 is 3.15 bits per heavy atom. The van der Waals surface area contributed by atoms with E-state index >= 15 is 0 Å². The highest BCUT2D eigenvalue weighted by molar-refractivity contribution is 9.10. The van der Waals surface area contributed by atoms with Crippen LogP contribution in [0.3, 0.4) is 0 Å². The molecule has 0 aliphatic carbocycles. The molecular formula is C8H9BrN4. The van der Waals surface area contributed by atoms with Crippen molar-refractivity contribution >= 4 is 21.6 Å². The van der Waals surface area contributed by atoms with Gasteiger partial charge in [-0.25, -0.2) is 14.5 Å². The van der Waals surface area contributed by atoms with E-state index in [1.165, 1.54) is 0 Å². The van der Waals surface area contributed by atoms with Crippen molar-refractivity contribution in [3.63, 3.8) is 0 Å². The molecule has 0 atom stereocenters. The van der Waals surface area contributed by atoms with Crippen LogP contribution >= 0.6 is 15.9 Å². The van der Waals surface area contributed by atoms with Gasteiger partial charge in [0.1, 0.15) is 12.2 Å². The molecule has 0 amide bonds. The first-order valence-corrected chi connectivity index (χ1v) is 4.95. The van der Waals surface area contributed by atoms with E-state index in [0.717, 1.165) is 28.8 Å². The lowest BCUT2D eigenvalue weighted by atomic mass is 10.3. The summed E-state index contributed by atoms with van der Waals surface area (Å²) in [4.78, 5) is 8.55. The van der Waals surface area contributed by atoms with Gasteiger partial charge in [-0.15, -0.1) is 0 Å². The Kier molecular flexibility index (Phi) is 2.26. The van der Waals surface area contributed by atoms with Crippen LogP contribution in [0, 0.1) is 0 Å². The lowest BCUT2D eigenvalue weighted by Gasteiger charge is -1.97. The number of halogens is 1. The SMILES string of the molecule is CCCc1ncn2ncc(Br)c2n1. The molecule has 5 heteroatoms. The summed E-state index contributed by atoms with van der Waals surface area (Å²) in [7, 11) is 0. The molecule has 0 bridgehead atoms. The second kappa shape index (κ2) is 3.41. The average Bonchev–Trinajstić information content (AvgIpc) is 2.49. The van der Waals surface area contributed by atoms with Crippen molar-refractivity contribution < 1.29 is 0 Å². The Balaban J connectivity index is 2.53. The molecule has 0 unspecified atom stereocenters. The molecule has 2 aromatic rings. The molecule has 0 spiro atoms. The third kappa shape index (κ3) is 1.56. The number of aromatic nitrogens is 4. The van der Waals surface area contributed by atoms with Gasteiger partial charge in [-0.3, -0.25) is 0 Å². The summed E-state index contributed by atoms with van der Waals surface area (Å²) in [6.07, 6.45) is 5.38. The molecule has 13 heavy (non-hydrogen) atoms. The standard InChI is InChI=1S/C8H9BrN4/c1-2-3-7-10-5-13-8(12-7)6(9)4-11-13/h4-5H,2-3H2,1H3. The third-order valence-corrected chi connectivity index (χ3v) is 2.31. The van der Waals surface area contributed by atoms with Crippen LogP contribution in [-0.4, -0.2) is 19.6 Å². The normalized spacial score (nSPS) is 10.9. The quantitative estimate of drug-likeness (QED) is 0.805. The summed E-state index contributed by atoms with van der Waals surface area (Å²) in [5, 5.41) is 4.06. The van der Waals surface area contributed by atoms with E-state index in [0.29, 0.717) is 0 Å². The highest BCUT2D eigenvalue weighted by Crippen LogP contribution is 2.14. The molecule has 0 saturated carbocycles. The number of rotatable bonds is 2. The van der Waals surface area contributed by atoms with Gasteiger partial charge in [-0.2, -0.15) is 5.10 Å². The maximum atomic E-state index is 4.37. The number of nitrogens with zero attached hydrogens (tertiary/aromatic N) is 4.